The summed E-state index contributed by atoms with van der Waals surface area (Å²) in [6, 6.07) is 6.04. The van der Waals surface area contributed by atoms with Gasteiger partial charge in [-0.05, 0) is 28.0 Å². The van der Waals surface area contributed by atoms with Crippen LogP contribution in [0.4, 0.5) is 0 Å². The van der Waals surface area contributed by atoms with Gasteiger partial charge in [0.2, 0.25) is 0 Å². The minimum Gasteiger partial charge on any atom is -0.508 e. The number of rotatable bonds is 0. The molecule has 0 aliphatic carbocycles. The summed E-state index contributed by atoms with van der Waals surface area (Å²) in [5.41, 5.74) is 2.28. The molecule has 0 radical (unpaired) electrons. The third kappa shape index (κ3) is 2.74. The van der Waals surface area contributed by atoms with Gasteiger partial charge in [-0.1, -0.05) is 53.7 Å². The molecule has 0 aliphatic heterocycles. The van der Waals surface area contributed by atoms with Gasteiger partial charge in [-0.25, -0.2) is 0 Å². The second-order valence-electron chi connectivity index (χ2n) is 6.23. The first-order valence-electron chi connectivity index (χ1n) is 5.46. The molecule has 15 heavy (non-hydrogen) atoms. The van der Waals surface area contributed by atoms with Gasteiger partial charge < -0.3 is 5.11 Å². The minimum atomic E-state index is 0.000494. The van der Waals surface area contributed by atoms with E-state index >= 15 is 0 Å². The summed E-state index contributed by atoms with van der Waals surface area (Å²) in [7, 11) is 0. The van der Waals surface area contributed by atoms with Gasteiger partial charge in [0.05, 0.1) is 0 Å². The highest BCUT2D eigenvalue weighted by molar-refractivity contribution is 5.42. The molecule has 0 saturated carbocycles. The minimum absolute atomic E-state index is 0.000494. The quantitative estimate of drug-likeness (QED) is 0.680. The Morgan fingerprint density at radius 3 is 1.73 bits per heavy atom. The lowest BCUT2D eigenvalue weighted by molar-refractivity contribution is 0.443. The average molecular weight is 206 g/mol. The fraction of sp³-hybridized carbons (Fsp3) is 0.571. The zero-order valence-corrected chi connectivity index (χ0v) is 10.7. The Bertz CT molecular complexity index is 351. The Kier molecular flexibility index (Phi) is 2.86. The molecule has 1 nitrogen and oxygen atoms in total. The van der Waals surface area contributed by atoms with Crippen molar-refractivity contribution in [1.29, 1.82) is 0 Å². The second-order valence-corrected chi connectivity index (χ2v) is 6.23. The Labute approximate surface area is 93.1 Å². The van der Waals surface area contributed by atoms with E-state index in [1.54, 1.807) is 0 Å². The highest BCUT2D eigenvalue weighted by atomic mass is 16.3. The number of aromatic hydroxyl groups is 1. The van der Waals surface area contributed by atoms with Crippen molar-refractivity contribution in [3.05, 3.63) is 29.3 Å². The summed E-state index contributed by atoms with van der Waals surface area (Å²) in [5.74, 6) is 0.412. The molecule has 0 atom stereocenters. The lowest BCUT2D eigenvalue weighted by atomic mass is 9.81. The molecule has 84 valence electrons. The number of hydrogen-bond donors (Lipinski definition) is 1. The van der Waals surface area contributed by atoms with Gasteiger partial charge in [0.1, 0.15) is 5.75 Å². The van der Waals surface area contributed by atoms with E-state index in [0.717, 1.165) is 5.56 Å². The monoisotopic (exact) mass is 206 g/mol. The van der Waals surface area contributed by atoms with Crippen LogP contribution in [0.5, 0.6) is 5.75 Å². The van der Waals surface area contributed by atoms with E-state index in [1.165, 1.54) is 5.56 Å². The third-order valence-electron chi connectivity index (χ3n) is 2.67. The van der Waals surface area contributed by atoms with Gasteiger partial charge in [0.15, 0.2) is 0 Å². The topological polar surface area (TPSA) is 20.2 Å². The number of benzene rings is 1. The molecule has 0 unspecified atom stereocenters. The first kappa shape index (κ1) is 12.1. The summed E-state index contributed by atoms with van der Waals surface area (Å²) >= 11 is 0. The van der Waals surface area contributed by atoms with E-state index in [-0.39, 0.29) is 10.8 Å². The smallest absolute Gasteiger partial charge is 0.119 e. The van der Waals surface area contributed by atoms with Gasteiger partial charge in [-0.2, -0.15) is 0 Å². The largest absolute Gasteiger partial charge is 0.508 e. The summed E-state index contributed by atoms with van der Waals surface area (Å²) in [4.78, 5) is 0. The Morgan fingerprint density at radius 1 is 0.867 bits per heavy atom. The van der Waals surface area contributed by atoms with E-state index in [4.69, 9.17) is 0 Å². The predicted molar refractivity (Wildman–Crippen MR) is 65.5 cm³/mol. The lowest BCUT2D eigenvalue weighted by Crippen LogP contribution is -2.14. The Morgan fingerprint density at radius 2 is 1.40 bits per heavy atom. The van der Waals surface area contributed by atoms with Crippen LogP contribution in [0.15, 0.2) is 18.2 Å². The fourth-order valence-electron chi connectivity index (χ4n) is 1.63. The van der Waals surface area contributed by atoms with Gasteiger partial charge in [-0.3, -0.25) is 0 Å². The van der Waals surface area contributed by atoms with Crippen molar-refractivity contribution in [1.82, 2.24) is 0 Å². The fourth-order valence-corrected chi connectivity index (χ4v) is 1.63. The number of hydrogen-bond acceptors (Lipinski definition) is 1. The van der Waals surface area contributed by atoms with Crippen LogP contribution in [-0.4, -0.2) is 5.11 Å². The van der Waals surface area contributed by atoms with Crippen LogP contribution in [-0.2, 0) is 10.8 Å². The van der Waals surface area contributed by atoms with Crippen LogP contribution in [0.2, 0.25) is 0 Å². The first-order valence-corrected chi connectivity index (χ1v) is 5.46. The molecule has 1 rings (SSSR count). The Balaban J connectivity index is 3.21. The second kappa shape index (κ2) is 3.55. The number of phenols is 1. The normalized spacial score (nSPS) is 12.9. The Hall–Kier alpha value is -0.980. The molecular weight excluding hydrogens is 184 g/mol. The van der Waals surface area contributed by atoms with Crippen molar-refractivity contribution in [2.75, 3.05) is 0 Å². The molecule has 1 heteroatoms. The van der Waals surface area contributed by atoms with E-state index in [0.29, 0.717) is 5.75 Å². The molecule has 0 spiro atoms. The van der Waals surface area contributed by atoms with Crippen LogP contribution in [0.1, 0.15) is 52.7 Å². The van der Waals surface area contributed by atoms with E-state index in [2.05, 4.69) is 47.6 Å². The van der Waals surface area contributed by atoms with Gasteiger partial charge in [0.25, 0.3) is 0 Å². The standard InChI is InChI=1S/C14H22O/c1-13(2,3)10-7-8-11(12(15)9-10)14(4,5)6/h7-9,15H,1-6H3. The maximum absolute atomic E-state index is 9.99. The molecule has 0 amide bonds. The van der Waals surface area contributed by atoms with Crippen LogP contribution >= 0.6 is 0 Å². The SMILES string of the molecule is CC(C)(C)c1ccc(C(C)(C)C)c(O)c1. The summed E-state index contributed by atoms with van der Waals surface area (Å²) in [6.45, 7) is 12.8. The highest BCUT2D eigenvalue weighted by Crippen LogP contribution is 2.34. The van der Waals surface area contributed by atoms with Crippen LogP contribution in [0, 0.1) is 0 Å². The van der Waals surface area contributed by atoms with Crippen LogP contribution in [0.25, 0.3) is 0 Å². The molecule has 0 saturated heterocycles. The van der Waals surface area contributed by atoms with Gasteiger partial charge >= 0.3 is 0 Å². The zero-order valence-electron chi connectivity index (χ0n) is 10.7. The van der Waals surface area contributed by atoms with Crippen LogP contribution in [0.3, 0.4) is 0 Å². The lowest BCUT2D eigenvalue weighted by Gasteiger charge is -2.24. The highest BCUT2D eigenvalue weighted by Gasteiger charge is 2.20. The van der Waals surface area contributed by atoms with E-state index in [9.17, 15) is 5.11 Å². The maximum Gasteiger partial charge on any atom is 0.119 e. The molecule has 0 bridgehead atoms. The van der Waals surface area contributed by atoms with Crippen molar-refractivity contribution in [2.24, 2.45) is 0 Å². The maximum atomic E-state index is 9.99. The van der Waals surface area contributed by atoms with Crippen LogP contribution < -0.4 is 0 Å². The zero-order chi connectivity index (χ0) is 11.9. The third-order valence-corrected chi connectivity index (χ3v) is 2.67. The average Bonchev–Trinajstić information content (AvgIpc) is 1.99. The molecule has 0 fully saturated rings. The van der Waals surface area contributed by atoms with E-state index in [1.807, 2.05) is 12.1 Å². The molecule has 1 N–H and O–H groups in total. The predicted octanol–water partition coefficient (Wildman–Crippen LogP) is 3.99. The first-order chi connectivity index (χ1) is 6.62. The molecule has 0 aliphatic rings. The van der Waals surface area contributed by atoms with Crippen molar-refractivity contribution < 1.29 is 5.11 Å². The van der Waals surface area contributed by atoms with E-state index < -0.39 is 0 Å². The summed E-state index contributed by atoms with van der Waals surface area (Å²) < 4.78 is 0. The van der Waals surface area contributed by atoms with Gasteiger partial charge in [-0.15, -0.1) is 0 Å². The summed E-state index contributed by atoms with van der Waals surface area (Å²) in [5, 5.41) is 9.99. The van der Waals surface area contributed by atoms with Crippen molar-refractivity contribution in [2.45, 2.75) is 52.4 Å². The number of phenolic OH excluding ortho intramolecular Hbond substituents is 1. The molecular formula is C14H22O. The molecule has 1 aromatic rings. The van der Waals surface area contributed by atoms with Crippen molar-refractivity contribution in [3.8, 4) is 5.75 Å². The molecule has 1 aromatic carbocycles. The molecule has 0 heterocycles. The summed E-state index contributed by atoms with van der Waals surface area (Å²) in [6.07, 6.45) is 0. The molecule has 0 aromatic heterocycles. The van der Waals surface area contributed by atoms with Crippen molar-refractivity contribution >= 4 is 0 Å². The van der Waals surface area contributed by atoms with Gasteiger partial charge in [0, 0.05) is 0 Å². The van der Waals surface area contributed by atoms with Crippen molar-refractivity contribution in [3.63, 3.8) is 0 Å².